The number of nitrogens with zero attached hydrogens (tertiary/aromatic N) is 1. The molecule has 0 fully saturated rings. The third kappa shape index (κ3) is 5.65. The second-order valence-electron chi connectivity index (χ2n) is 13.7. The van der Waals surface area contributed by atoms with E-state index in [0.29, 0.717) is 0 Å². The zero-order valence-electron chi connectivity index (χ0n) is 29.6. The fourth-order valence-corrected chi connectivity index (χ4v) is 9.15. The first-order chi connectivity index (χ1) is 26.8. The summed E-state index contributed by atoms with van der Waals surface area (Å²) in [6.45, 7) is 0. The van der Waals surface area contributed by atoms with E-state index < -0.39 is 0 Å². The molecule has 0 aliphatic heterocycles. The van der Waals surface area contributed by atoms with E-state index in [1.54, 1.807) is 0 Å². The minimum atomic E-state index is 1.10. The molecule has 0 atom stereocenters. The molecule has 0 aliphatic carbocycles. The summed E-state index contributed by atoms with van der Waals surface area (Å²) in [4.78, 5) is 2.47. The maximum absolute atomic E-state index is 2.47. The van der Waals surface area contributed by atoms with Crippen molar-refractivity contribution >= 4 is 59.3 Å². The lowest BCUT2D eigenvalue weighted by molar-refractivity contribution is 1.29. The number of benzene rings is 9. The van der Waals surface area contributed by atoms with Gasteiger partial charge in [-0.2, -0.15) is 0 Å². The van der Waals surface area contributed by atoms with Crippen LogP contribution in [0.5, 0.6) is 0 Å². The number of hydrogen-bond acceptors (Lipinski definition) is 2. The van der Waals surface area contributed by atoms with Crippen LogP contribution in [0.2, 0.25) is 0 Å². The van der Waals surface area contributed by atoms with Crippen molar-refractivity contribution in [1.82, 2.24) is 0 Å². The summed E-state index contributed by atoms with van der Waals surface area (Å²) in [7, 11) is 0. The van der Waals surface area contributed by atoms with Crippen LogP contribution in [-0.2, 0) is 0 Å². The molecule has 1 heterocycles. The molecule has 0 radical (unpaired) electrons. The average Bonchev–Trinajstić information content (AvgIpc) is 3.62. The van der Waals surface area contributed by atoms with Crippen LogP contribution in [0.25, 0.3) is 75.5 Å². The predicted octanol–water partition coefficient (Wildman–Crippen LogP) is 15.3. The van der Waals surface area contributed by atoms with Crippen LogP contribution in [0.15, 0.2) is 212 Å². The van der Waals surface area contributed by atoms with E-state index in [1.165, 1.54) is 75.5 Å². The smallest absolute Gasteiger partial charge is 0.0546 e. The number of anilines is 3. The molecule has 0 spiro atoms. The monoisotopic (exact) mass is 705 g/mol. The molecule has 10 aromatic rings. The number of fused-ring (bicyclic) bond motifs is 4. The Bertz CT molecular complexity index is 2940. The van der Waals surface area contributed by atoms with Gasteiger partial charge in [-0.3, -0.25) is 0 Å². The maximum atomic E-state index is 2.47. The first-order valence-corrected chi connectivity index (χ1v) is 19.2. The fraction of sp³-hybridized carbons (Fsp3) is 0. The maximum Gasteiger partial charge on any atom is 0.0546 e. The van der Waals surface area contributed by atoms with Gasteiger partial charge in [0.15, 0.2) is 0 Å². The summed E-state index contributed by atoms with van der Waals surface area (Å²) in [6, 6.07) is 77.3. The summed E-state index contributed by atoms with van der Waals surface area (Å²) >= 11 is 1.86. The van der Waals surface area contributed by atoms with Crippen LogP contribution in [0.3, 0.4) is 0 Å². The Kier molecular flexibility index (Phi) is 8.09. The van der Waals surface area contributed by atoms with E-state index in [0.717, 1.165) is 17.1 Å². The summed E-state index contributed by atoms with van der Waals surface area (Å²) in [5, 5.41) is 5.08. The normalized spacial score (nSPS) is 11.3. The average molecular weight is 706 g/mol. The van der Waals surface area contributed by atoms with Crippen LogP contribution in [0.4, 0.5) is 17.1 Å². The van der Waals surface area contributed by atoms with Gasteiger partial charge in [0, 0.05) is 37.1 Å². The van der Waals surface area contributed by atoms with Crippen molar-refractivity contribution in [2.75, 3.05) is 4.90 Å². The van der Waals surface area contributed by atoms with E-state index in [-0.39, 0.29) is 0 Å². The van der Waals surface area contributed by atoms with Gasteiger partial charge in [0.1, 0.15) is 0 Å². The standard InChI is InChI=1S/C52H35NS/c1-3-16-36(17-4-1)43-25-9-10-27-48(43)52-45(38-18-5-2-6-19-38)29-15-30-49(52)53(41-32-33-47-46-26-11-12-31-50(46)54-51(47)35-41)40-23-13-22-39(34-40)44-28-14-21-37-20-7-8-24-42(37)44/h1-35H. The molecule has 10 rings (SSSR count). The van der Waals surface area contributed by atoms with Crippen LogP contribution in [-0.4, -0.2) is 0 Å². The Morgan fingerprint density at radius 1 is 0.315 bits per heavy atom. The van der Waals surface area contributed by atoms with Gasteiger partial charge in [-0.05, 0) is 86.1 Å². The second kappa shape index (κ2) is 13.7. The van der Waals surface area contributed by atoms with Crippen LogP contribution in [0, 0.1) is 0 Å². The Labute approximate surface area is 319 Å². The SMILES string of the molecule is c1ccc(-c2ccccc2-c2c(-c3ccccc3)cccc2N(c2cccc(-c3cccc4ccccc34)c2)c2ccc3c(c2)sc2ccccc23)cc1. The van der Waals surface area contributed by atoms with Crippen molar-refractivity contribution in [1.29, 1.82) is 0 Å². The van der Waals surface area contributed by atoms with Gasteiger partial charge in [-0.1, -0.05) is 176 Å². The molecule has 0 bridgehead atoms. The van der Waals surface area contributed by atoms with Crippen molar-refractivity contribution in [3.63, 3.8) is 0 Å². The van der Waals surface area contributed by atoms with E-state index in [9.17, 15) is 0 Å². The van der Waals surface area contributed by atoms with Crippen molar-refractivity contribution in [3.8, 4) is 44.5 Å². The molecular weight excluding hydrogens is 671 g/mol. The molecule has 0 saturated heterocycles. The van der Waals surface area contributed by atoms with E-state index >= 15 is 0 Å². The Hall–Kier alpha value is -6.74. The highest BCUT2D eigenvalue weighted by atomic mass is 32.1. The van der Waals surface area contributed by atoms with Gasteiger partial charge in [-0.15, -0.1) is 11.3 Å². The Morgan fingerprint density at radius 3 is 1.70 bits per heavy atom. The highest BCUT2D eigenvalue weighted by Crippen LogP contribution is 2.49. The molecule has 0 amide bonds. The van der Waals surface area contributed by atoms with Gasteiger partial charge < -0.3 is 4.90 Å². The van der Waals surface area contributed by atoms with Crippen molar-refractivity contribution in [3.05, 3.63) is 212 Å². The minimum Gasteiger partial charge on any atom is -0.310 e. The lowest BCUT2D eigenvalue weighted by atomic mass is 9.87. The molecule has 0 saturated carbocycles. The second-order valence-corrected chi connectivity index (χ2v) is 14.8. The highest BCUT2D eigenvalue weighted by molar-refractivity contribution is 7.25. The van der Waals surface area contributed by atoms with E-state index in [4.69, 9.17) is 0 Å². The summed E-state index contributed by atoms with van der Waals surface area (Å²) in [5.41, 5.74) is 12.9. The molecule has 9 aromatic carbocycles. The zero-order valence-corrected chi connectivity index (χ0v) is 30.4. The topological polar surface area (TPSA) is 3.24 Å². The number of hydrogen-bond donors (Lipinski definition) is 0. The highest BCUT2D eigenvalue weighted by Gasteiger charge is 2.23. The van der Waals surface area contributed by atoms with Gasteiger partial charge in [0.2, 0.25) is 0 Å². The van der Waals surface area contributed by atoms with Crippen LogP contribution in [0.1, 0.15) is 0 Å². The molecule has 1 nitrogen and oxygen atoms in total. The Balaban J connectivity index is 1.27. The summed E-state index contributed by atoms with van der Waals surface area (Å²) in [5.74, 6) is 0. The molecule has 2 heteroatoms. The van der Waals surface area contributed by atoms with Gasteiger partial charge in [0.05, 0.1) is 5.69 Å². The van der Waals surface area contributed by atoms with Crippen molar-refractivity contribution in [2.45, 2.75) is 0 Å². The third-order valence-corrected chi connectivity index (χ3v) is 11.6. The first kappa shape index (κ1) is 32.0. The zero-order chi connectivity index (χ0) is 35.8. The van der Waals surface area contributed by atoms with Crippen LogP contribution < -0.4 is 4.90 Å². The van der Waals surface area contributed by atoms with Gasteiger partial charge in [0.25, 0.3) is 0 Å². The molecule has 1 aromatic heterocycles. The number of thiophene rings is 1. The third-order valence-electron chi connectivity index (χ3n) is 10.5. The lowest BCUT2D eigenvalue weighted by Gasteiger charge is -2.30. The van der Waals surface area contributed by atoms with Gasteiger partial charge >= 0.3 is 0 Å². The predicted molar refractivity (Wildman–Crippen MR) is 233 cm³/mol. The fourth-order valence-electron chi connectivity index (χ4n) is 8.01. The minimum absolute atomic E-state index is 1.10. The molecule has 54 heavy (non-hydrogen) atoms. The largest absolute Gasteiger partial charge is 0.310 e. The Morgan fingerprint density at radius 2 is 0.870 bits per heavy atom. The quantitative estimate of drug-likeness (QED) is 0.160. The van der Waals surface area contributed by atoms with E-state index in [2.05, 4.69) is 217 Å². The molecule has 0 N–H and O–H groups in total. The van der Waals surface area contributed by atoms with Gasteiger partial charge in [-0.25, -0.2) is 0 Å². The first-order valence-electron chi connectivity index (χ1n) is 18.4. The van der Waals surface area contributed by atoms with Crippen molar-refractivity contribution < 1.29 is 0 Å². The lowest BCUT2D eigenvalue weighted by Crippen LogP contribution is -2.12. The molecule has 254 valence electrons. The van der Waals surface area contributed by atoms with Crippen molar-refractivity contribution in [2.24, 2.45) is 0 Å². The molecule has 0 aliphatic rings. The molecule has 0 unspecified atom stereocenters. The number of rotatable bonds is 7. The molecular formula is C52H35NS. The van der Waals surface area contributed by atoms with E-state index in [1.807, 2.05) is 11.3 Å². The van der Waals surface area contributed by atoms with Crippen LogP contribution >= 0.6 is 11.3 Å². The summed E-state index contributed by atoms with van der Waals surface area (Å²) in [6.07, 6.45) is 0. The summed E-state index contributed by atoms with van der Waals surface area (Å²) < 4.78 is 2.58.